The van der Waals surface area contributed by atoms with Crippen LogP contribution in [0.2, 0.25) is 0 Å². The highest BCUT2D eigenvalue weighted by Crippen LogP contribution is 2.40. The van der Waals surface area contributed by atoms with Crippen molar-refractivity contribution in [2.75, 3.05) is 9.80 Å². The molecule has 242 valence electrons. The summed E-state index contributed by atoms with van der Waals surface area (Å²) in [4.78, 5) is 4.80. The zero-order valence-corrected chi connectivity index (χ0v) is 28.1. The van der Waals surface area contributed by atoms with Gasteiger partial charge in [0.15, 0.2) is 0 Å². The molecule has 2 aliphatic rings. The molecule has 0 saturated heterocycles. The van der Waals surface area contributed by atoms with Gasteiger partial charge in [0.1, 0.15) is 0 Å². The van der Waals surface area contributed by atoms with Gasteiger partial charge in [0, 0.05) is 40.1 Å². The van der Waals surface area contributed by atoms with E-state index >= 15 is 0 Å². The monoisotopic (exact) mass is 644 g/mol. The van der Waals surface area contributed by atoms with Crippen LogP contribution in [0.3, 0.4) is 0 Å². The smallest absolute Gasteiger partial charge is 0.0458 e. The predicted molar refractivity (Wildman–Crippen MR) is 212 cm³/mol. The maximum Gasteiger partial charge on any atom is 0.0458 e. The third kappa shape index (κ3) is 6.74. The molecule has 0 aliphatic heterocycles. The van der Waals surface area contributed by atoms with E-state index in [1.807, 2.05) is 0 Å². The first kappa shape index (κ1) is 31.2. The summed E-state index contributed by atoms with van der Waals surface area (Å²) in [5, 5.41) is 0. The average molecular weight is 645 g/mol. The minimum Gasteiger partial charge on any atom is -0.314 e. The van der Waals surface area contributed by atoms with Gasteiger partial charge in [0.2, 0.25) is 0 Å². The van der Waals surface area contributed by atoms with Gasteiger partial charge in [-0.1, -0.05) is 140 Å². The fourth-order valence-electron chi connectivity index (χ4n) is 7.21. The summed E-state index contributed by atoms with van der Waals surface area (Å²) in [6.45, 7) is 0. The molecule has 2 aliphatic carbocycles. The summed E-state index contributed by atoms with van der Waals surface area (Å²) in [5.74, 6) is 0.284. The second kappa shape index (κ2) is 14.6. The molecule has 0 N–H and O–H groups in total. The Balaban J connectivity index is 1.05. The lowest BCUT2D eigenvalue weighted by atomic mass is 9.87. The lowest BCUT2D eigenvalue weighted by molar-refractivity contribution is 0.793. The van der Waals surface area contributed by atoms with Gasteiger partial charge in [-0.05, 0) is 108 Å². The zero-order valence-electron chi connectivity index (χ0n) is 28.1. The van der Waals surface area contributed by atoms with Crippen molar-refractivity contribution < 1.29 is 0 Å². The highest BCUT2D eigenvalue weighted by Gasteiger charge is 2.22. The van der Waals surface area contributed by atoms with Crippen molar-refractivity contribution in [1.82, 2.24) is 0 Å². The van der Waals surface area contributed by atoms with Crippen LogP contribution in [0.1, 0.15) is 36.3 Å². The van der Waals surface area contributed by atoms with Crippen LogP contribution >= 0.6 is 0 Å². The van der Waals surface area contributed by atoms with Crippen LogP contribution in [0.4, 0.5) is 22.7 Å². The molecule has 6 aromatic carbocycles. The maximum atomic E-state index is 2.41. The van der Waals surface area contributed by atoms with Gasteiger partial charge in [0.05, 0.1) is 0 Å². The molecule has 0 radical (unpaired) electrons. The summed E-state index contributed by atoms with van der Waals surface area (Å²) >= 11 is 0. The Bertz CT molecular complexity index is 2120. The van der Waals surface area contributed by atoms with Crippen molar-refractivity contribution >= 4 is 28.3 Å². The van der Waals surface area contributed by atoms with Gasteiger partial charge < -0.3 is 9.80 Å². The minimum absolute atomic E-state index is 0.284. The standard InChI is InChI=1S/C48H40N2/c1-5-15-37(16-6-1)38-27-31-47(32-28-38)50(45-24-11-4-12-25-45)48-26-14-19-42(36-48)41-18-13-17-40(35-41)39-29-33-46(34-30-39)49(43-20-7-2-8-21-43)44-22-9-3-10-23-44/h1-29,31-33,35,42H,30,34,36H2. The number of allylic oxidation sites excluding steroid dienone is 8. The van der Waals surface area contributed by atoms with Gasteiger partial charge in [0.25, 0.3) is 0 Å². The second-order valence-electron chi connectivity index (χ2n) is 12.9. The Hall–Kier alpha value is -6.12. The molecule has 1 unspecified atom stereocenters. The first-order valence-corrected chi connectivity index (χ1v) is 17.6. The molecule has 0 saturated carbocycles. The third-order valence-electron chi connectivity index (χ3n) is 9.72. The normalized spacial score (nSPS) is 15.4. The van der Waals surface area contributed by atoms with Gasteiger partial charge in [-0.2, -0.15) is 0 Å². The highest BCUT2D eigenvalue weighted by atomic mass is 15.2. The van der Waals surface area contributed by atoms with Crippen LogP contribution in [0.15, 0.2) is 212 Å². The van der Waals surface area contributed by atoms with Gasteiger partial charge in [-0.25, -0.2) is 0 Å². The summed E-state index contributed by atoms with van der Waals surface area (Å²) in [6.07, 6.45) is 14.4. The van der Waals surface area contributed by atoms with Gasteiger partial charge >= 0.3 is 0 Å². The molecule has 0 bridgehead atoms. The van der Waals surface area contributed by atoms with E-state index in [0.29, 0.717) is 0 Å². The largest absolute Gasteiger partial charge is 0.314 e. The SMILES string of the molecule is C1=CC(c2cccc(C3=CC=C(N(c4ccccc4)c4ccccc4)CC3)c2)CC(N(c2ccccc2)c2ccc(-c3ccccc3)cc2)=C1. The molecule has 2 heteroatoms. The second-order valence-corrected chi connectivity index (χ2v) is 12.9. The summed E-state index contributed by atoms with van der Waals surface area (Å²) in [6, 6.07) is 60.9. The molecule has 1 atom stereocenters. The van der Waals surface area contributed by atoms with E-state index in [9.17, 15) is 0 Å². The van der Waals surface area contributed by atoms with E-state index in [1.54, 1.807) is 0 Å². The molecular formula is C48H40N2. The Morgan fingerprint density at radius 1 is 0.400 bits per heavy atom. The summed E-state index contributed by atoms with van der Waals surface area (Å²) in [5.41, 5.74) is 13.8. The lowest BCUT2D eigenvalue weighted by Gasteiger charge is -2.31. The van der Waals surface area contributed by atoms with Crippen LogP contribution in [-0.2, 0) is 0 Å². The number of rotatable bonds is 9. The molecular weight excluding hydrogens is 605 g/mol. The first-order valence-electron chi connectivity index (χ1n) is 17.6. The molecule has 0 heterocycles. The molecule has 0 spiro atoms. The molecule has 0 amide bonds. The fraction of sp³-hybridized carbons (Fsp3) is 0.0833. The van der Waals surface area contributed by atoms with Crippen LogP contribution in [0.25, 0.3) is 16.7 Å². The van der Waals surface area contributed by atoms with Crippen molar-refractivity contribution in [2.24, 2.45) is 0 Å². The molecule has 0 aromatic heterocycles. The van der Waals surface area contributed by atoms with Crippen molar-refractivity contribution in [1.29, 1.82) is 0 Å². The third-order valence-corrected chi connectivity index (χ3v) is 9.72. The van der Waals surface area contributed by atoms with Crippen molar-refractivity contribution in [2.45, 2.75) is 25.2 Å². The van der Waals surface area contributed by atoms with E-state index in [-0.39, 0.29) is 5.92 Å². The lowest BCUT2D eigenvalue weighted by Crippen LogP contribution is -2.19. The maximum absolute atomic E-state index is 2.41. The Morgan fingerprint density at radius 3 is 1.50 bits per heavy atom. The van der Waals surface area contributed by atoms with E-state index < -0.39 is 0 Å². The molecule has 2 nitrogen and oxygen atoms in total. The van der Waals surface area contributed by atoms with Gasteiger partial charge in [-0.15, -0.1) is 0 Å². The average Bonchev–Trinajstić information content (AvgIpc) is 3.20. The predicted octanol–water partition coefficient (Wildman–Crippen LogP) is 13.0. The number of anilines is 4. The Labute approximate surface area is 296 Å². The van der Waals surface area contributed by atoms with Gasteiger partial charge in [-0.3, -0.25) is 0 Å². The topological polar surface area (TPSA) is 6.48 Å². The molecule has 50 heavy (non-hydrogen) atoms. The fourth-order valence-corrected chi connectivity index (χ4v) is 7.21. The summed E-state index contributed by atoms with van der Waals surface area (Å²) in [7, 11) is 0. The van der Waals surface area contributed by atoms with Crippen LogP contribution in [0, 0.1) is 0 Å². The van der Waals surface area contributed by atoms with E-state index in [4.69, 9.17) is 0 Å². The van der Waals surface area contributed by atoms with Crippen LogP contribution in [0.5, 0.6) is 0 Å². The Morgan fingerprint density at radius 2 is 0.920 bits per heavy atom. The highest BCUT2D eigenvalue weighted by molar-refractivity contribution is 5.75. The number of benzene rings is 6. The molecule has 0 fully saturated rings. The minimum atomic E-state index is 0.284. The first-order chi connectivity index (χ1) is 24.8. The van der Waals surface area contributed by atoms with E-state index in [1.165, 1.54) is 62.0 Å². The number of para-hydroxylation sites is 3. The van der Waals surface area contributed by atoms with Crippen molar-refractivity contribution in [3.63, 3.8) is 0 Å². The number of nitrogens with zero attached hydrogens (tertiary/aromatic N) is 2. The van der Waals surface area contributed by atoms with Crippen molar-refractivity contribution in [3.05, 3.63) is 223 Å². The molecule has 6 aromatic rings. The quantitative estimate of drug-likeness (QED) is 0.155. The number of hydrogen-bond donors (Lipinski definition) is 0. The zero-order chi connectivity index (χ0) is 33.5. The van der Waals surface area contributed by atoms with E-state index in [0.717, 1.165) is 19.3 Å². The Kier molecular flexibility index (Phi) is 9.07. The van der Waals surface area contributed by atoms with E-state index in [2.05, 4.69) is 210 Å². The van der Waals surface area contributed by atoms with Crippen LogP contribution in [-0.4, -0.2) is 0 Å². The molecule has 8 rings (SSSR count). The number of hydrogen-bond acceptors (Lipinski definition) is 2. The van der Waals surface area contributed by atoms with Crippen LogP contribution < -0.4 is 9.80 Å². The summed E-state index contributed by atoms with van der Waals surface area (Å²) < 4.78 is 0. The van der Waals surface area contributed by atoms with Crippen molar-refractivity contribution in [3.8, 4) is 11.1 Å².